The van der Waals surface area contributed by atoms with Gasteiger partial charge in [0.25, 0.3) is 0 Å². The van der Waals surface area contributed by atoms with Gasteiger partial charge in [-0.05, 0) is 36.8 Å². The Morgan fingerprint density at radius 2 is 1.83 bits per heavy atom. The second-order valence-electron chi connectivity index (χ2n) is 8.36. The Labute approximate surface area is 205 Å². The maximum absolute atomic E-state index is 12.9. The second-order valence-corrected chi connectivity index (χ2v) is 8.36. The summed E-state index contributed by atoms with van der Waals surface area (Å²) in [6, 6.07) is 14.4. The number of methoxy groups -OCH3 is 2. The van der Waals surface area contributed by atoms with Gasteiger partial charge in [0, 0.05) is 38.4 Å². The van der Waals surface area contributed by atoms with Gasteiger partial charge in [-0.15, -0.1) is 0 Å². The molecule has 9 nitrogen and oxygen atoms in total. The fraction of sp³-hybridized carbons (Fsp3) is 0.385. The van der Waals surface area contributed by atoms with Crippen molar-refractivity contribution in [2.24, 2.45) is 0 Å². The predicted octanol–water partition coefficient (Wildman–Crippen LogP) is 2.70. The van der Waals surface area contributed by atoms with Crippen LogP contribution in [0.25, 0.3) is 0 Å². The van der Waals surface area contributed by atoms with Gasteiger partial charge in [0.15, 0.2) is 0 Å². The van der Waals surface area contributed by atoms with E-state index in [1.807, 2.05) is 49.4 Å². The molecule has 186 valence electrons. The Morgan fingerprint density at radius 1 is 1.06 bits per heavy atom. The number of hydrogen-bond donors (Lipinski definition) is 2. The van der Waals surface area contributed by atoms with Crippen LogP contribution in [0.3, 0.4) is 0 Å². The number of urea groups is 1. The van der Waals surface area contributed by atoms with Gasteiger partial charge in [0.1, 0.15) is 11.5 Å². The summed E-state index contributed by atoms with van der Waals surface area (Å²) in [5.74, 6) is 1.04. The Kier molecular flexibility index (Phi) is 7.77. The van der Waals surface area contributed by atoms with E-state index >= 15 is 0 Å². The van der Waals surface area contributed by atoms with E-state index in [0.717, 1.165) is 43.2 Å². The minimum atomic E-state index is -0.638. The number of anilines is 1. The van der Waals surface area contributed by atoms with Gasteiger partial charge < -0.3 is 29.7 Å². The molecule has 0 bridgehead atoms. The Bertz CT molecular complexity index is 1090. The zero-order valence-electron chi connectivity index (χ0n) is 20.4. The maximum Gasteiger partial charge on any atom is 0.338 e. The molecule has 1 saturated heterocycles. The van der Waals surface area contributed by atoms with Crippen LogP contribution >= 0.6 is 0 Å². The molecule has 4 rings (SSSR count). The lowest BCUT2D eigenvalue weighted by Gasteiger charge is -2.38. The first kappa shape index (κ1) is 24.4. The van der Waals surface area contributed by atoms with Crippen molar-refractivity contribution in [1.29, 1.82) is 0 Å². The first-order chi connectivity index (χ1) is 17.0. The van der Waals surface area contributed by atoms with Gasteiger partial charge in [-0.3, -0.25) is 4.90 Å². The number of piperazine rings is 1. The number of ether oxygens (including phenoxy) is 3. The van der Waals surface area contributed by atoms with Crippen LogP contribution in [0.5, 0.6) is 11.5 Å². The number of nitrogens with zero attached hydrogens (tertiary/aromatic N) is 2. The third-order valence-corrected chi connectivity index (χ3v) is 6.25. The molecular formula is C26H32N4O5. The van der Waals surface area contributed by atoms with Crippen LogP contribution in [-0.4, -0.2) is 70.5 Å². The number of carbonyl (C=O) groups excluding carboxylic acids is 2. The van der Waals surface area contributed by atoms with E-state index in [9.17, 15) is 9.59 Å². The molecule has 0 radical (unpaired) electrons. The topological polar surface area (TPSA) is 92.4 Å². The summed E-state index contributed by atoms with van der Waals surface area (Å²) in [6.07, 6.45) is 0. The smallest absolute Gasteiger partial charge is 0.338 e. The minimum Gasteiger partial charge on any atom is -0.497 e. The van der Waals surface area contributed by atoms with Crippen molar-refractivity contribution in [3.8, 4) is 11.5 Å². The van der Waals surface area contributed by atoms with Crippen molar-refractivity contribution >= 4 is 17.7 Å². The molecule has 0 saturated carbocycles. The summed E-state index contributed by atoms with van der Waals surface area (Å²) < 4.78 is 16.2. The van der Waals surface area contributed by atoms with E-state index in [0.29, 0.717) is 30.2 Å². The van der Waals surface area contributed by atoms with Gasteiger partial charge in [-0.25, -0.2) is 9.59 Å². The summed E-state index contributed by atoms with van der Waals surface area (Å²) in [7, 11) is 2.93. The van der Waals surface area contributed by atoms with E-state index in [1.54, 1.807) is 7.11 Å². The van der Waals surface area contributed by atoms with Gasteiger partial charge in [-0.1, -0.05) is 24.3 Å². The van der Waals surface area contributed by atoms with Crippen LogP contribution in [-0.2, 0) is 9.53 Å². The molecule has 35 heavy (non-hydrogen) atoms. The van der Waals surface area contributed by atoms with E-state index in [-0.39, 0.29) is 6.03 Å². The SMILES string of the molecule is CCOc1ccccc1N1CCN(CC2=C(C(=O)OC)[C@@H](c3cccc(OC)c3)NC(=O)N2)CC1. The number of para-hydroxylation sites is 2. The molecule has 0 unspecified atom stereocenters. The Hall–Kier alpha value is -3.72. The highest BCUT2D eigenvalue weighted by atomic mass is 16.5. The third kappa shape index (κ3) is 5.51. The summed E-state index contributed by atoms with van der Waals surface area (Å²) in [4.78, 5) is 30.0. The average Bonchev–Trinajstić information content (AvgIpc) is 2.89. The number of benzene rings is 2. The summed E-state index contributed by atoms with van der Waals surface area (Å²) in [5.41, 5.74) is 2.77. The summed E-state index contributed by atoms with van der Waals surface area (Å²) >= 11 is 0. The lowest BCUT2D eigenvalue weighted by Crippen LogP contribution is -2.51. The normalized spacial score (nSPS) is 18.5. The molecule has 0 aliphatic carbocycles. The fourth-order valence-electron chi connectivity index (χ4n) is 4.53. The summed E-state index contributed by atoms with van der Waals surface area (Å²) in [6.45, 7) is 6.17. The molecule has 2 aliphatic rings. The van der Waals surface area contributed by atoms with Crippen LogP contribution in [0.15, 0.2) is 59.8 Å². The first-order valence-corrected chi connectivity index (χ1v) is 11.8. The van der Waals surface area contributed by atoms with Crippen molar-refractivity contribution < 1.29 is 23.8 Å². The predicted molar refractivity (Wildman–Crippen MR) is 133 cm³/mol. The molecule has 2 amide bonds. The zero-order chi connectivity index (χ0) is 24.8. The van der Waals surface area contributed by atoms with E-state index in [1.165, 1.54) is 7.11 Å². The Morgan fingerprint density at radius 3 is 2.54 bits per heavy atom. The van der Waals surface area contributed by atoms with Crippen LogP contribution in [0.4, 0.5) is 10.5 Å². The van der Waals surface area contributed by atoms with E-state index in [4.69, 9.17) is 14.2 Å². The standard InChI is InChI=1S/C26H32N4O5/c1-4-35-22-11-6-5-10-21(22)30-14-12-29(13-15-30)17-20-23(25(31)34-3)24(28-26(32)27-20)18-8-7-9-19(16-18)33-2/h5-11,16,24H,4,12-15,17H2,1-3H3,(H2,27,28,32)/t24-/m1/s1. The first-order valence-electron chi connectivity index (χ1n) is 11.8. The number of amides is 2. The lowest BCUT2D eigenvalue weighted by molar-refractivity contribution is -0.136. The molecule has 0 aromatic heterocycles. The molecule has 2 aliphatic heterocycles. The second kappa shape index (κ2) is 11.1. The van der Waals surface area contributed by atoms with Gasteiger partial charge in [-0.2, -0.15) is 0 Å². The molecule has 2 heterocycles. The van der Waals surface area contributed by atoms with E-state index < -0.39 is 12.0 Å². The molecule has 0 spiro atoms. The van der Waals surface area contributed by atoms with Gasteiger partial charge in [0.05, 0.1) is 38.1 Å². The largest absolute Gasteiger partial charge is 0.497 e. The zero-order valence-corrected chi connectivity index (χ0v) is 20.4. The number of nitrogens with one attached hydrogen (secondary N) is 2. The van der Waals surface area contributed by atoms with Gasteiger partial charge >= 0.3 is 12.0 Å². The number of esters is 1. The van der Waals surface area contributed by atoms with Gasteiger partial charge in [0.2, 0.25) is 0 Å². The molecule has 2 aromatic rings. The highest BCUT2D eigenvalue weighted by molar-refractivity contribution is 5.95. The number of carbonyl (C=O) groups is 2. The highest BCUT2D eigenvalue weighted by Gasteiger charge is 2.34. The lowest BCUT2D eigenvalue weighted by atomic mass is 9.94. The number of hydrogen-bond acceptors (Lipinski definition) is 7. The molecule has 2 aromatic carbocycles. The third-order valence-electron chi connectivity index (χ3n) is 6.25. The van der Waals surface area contributed by atoms with Crippen molar-refractivity contribution in [3.63, 3.8) is 0 Å². The quantitative estimate of drug-likeness (QED) is 0.562. The molecular weight excluding hydrogens is 448 g/mol. The van der Waals surface area contributed by atoms with Crippen molar-refractivity contribution in [2.75, 3.05) is 58.5 Å². The monoisotopic (exact) mass is 480 g/mol. The Balaban J connectivity index is 1.54. The molecule has 1 fully saturated rings. The minimum absolute atomic E-state index is 0.357. The number of rotatable bonds is 8. The average molecular weight is 481 g/mol. The van der Waals surface area contributed by atoms with Crippen molar-refractivity contribution in [3.05, 3.63) is 65.4 Å². The maximum atomic E-state index is 12.9. The molecule has 1 atom stereocenters. The van der Waals surface area contributed by atoms with Crippen LogP contribution in [0.2, 0.25) is 0 Å². The summed E-state index contributed by atoms with van der Waals surface area (Å²) in [5, 5.41) is 5.71. The van der Waals surface area contributed by atoms with Crippen LogP contribution < -0.4 is 25.0 Å². The van der Waals surface area contributed by atoms with Crippen LogP contribution in [0, 0.1) is 0 Å². The van der Waals surface area contributed by atoms with Crippen molar-refractivity contribution in [1.82, 2.24) is 15.5 Å². The van der Waals surface area contributed by atoms with Crippen molar-refractivity contribution in [2.45, 2.75) is 13.0 Å². The van der Waals surface area contributed by atoms with E-state index in [2.05, 4.69) is 26.5 Å². The van der Waals surface area contributed by atoms with Crippen LogP contribution in [0.1, 0.15) is 18.5 Å². The highest BCUT2D eigenvalue weighted by Crippen LogP contribution is 2.31. The fourth-order valence-corrected chi connectivity index (χ4v) is 4.53. The molecule has 9 heteroatoms. The molecule has 2 N–H and O–H groups in total.